The Morgan fingerprint density at radius 3 is 1.88 bits per heavy atom. The van der Waals surface area contributed by atoms with Crippen LogP contribution in [0.4, 0.5) is 0 Å². The van der Waals surface area contributed by atoms with Crippen molar-refractivity contribution in [1.29, 1.82) is 0 Å². The highest BCUT2D eigenvalue weighted by Gasteiger charge is 2.16. The molecule has 0 aliphatic rings. The summed E-state index contributed by atoms with van der Waals surface area (Å²) in [7, 11) is 0. The molecular formula is C26H29N3O2S2. The van der Waals surface area contributed by atoms with Gasteiger partial charge in [0.1, 0.15) is 5.60 Å². The Kier molecular flexibility index (Phi) is 8.88. The van der Waals surface area contributed by atoms with E-state index >= 15 is 0 Å². The standard InChI is InChI=1S/C16H19NO2S.C10H10N2S/c1-16(2,3)19-15(18)9-8-12-6-4-5-7-13(12)14-10-20-11-17-14;11-5-8-3-1-2-4-9(8)10-6-13-7-12-10/h4-7,10-11H,8-9H2,1-3H3;1-4,6-7H,5,11H2. The fraction of sp³-hybridized carbons (Fsp3) is 0.269. The van der Waals surface area contributed by atoms with E-state index in [0.717, 1.165) is 33.6 Å². The highest BCUT2D eigenvalue weighted by atomic mass is 32.1. The van der Waals surface area contributed by atoms with E-state index in [4.69, 9.17) is 10.5 Å². The first kappa shape index (κ1) is 24.8. The summed E-state index contributed by atoms with van der Waals surface area (Å²) < 4.78 is 5.34. The predicted molar refractivity (Wildman–Crippen MR) is 137 cm³/mol. The second-order valence-corrected chi connectivity index (χ2v) is 9.79. The number of rotatable bonds is 6. The number of ether oxygens (including phenoxy) is 1. The zero-order chi connectivity index (χ0) is 23.7. The number of aromatic nitrogens is 2. The van der Waals surface area contributed by atoms with Crippen molar-refractivity contribution in [3.63, 3.8) is 0 Å². The Morgan fingerprint density at radius 2 is 1.39 bits per heavy atom. The van der Waals surface area contributed by atoms with Crippen LogP contribution in [0.3, 0.4) is 0 Å². The molecule has 5 nitrogen and oxygen atoms in total. The number of carbonyl (C=O) groups is 1. The maximum atomic E-state index is 11.8. The zero-order valence-electron chi connectivity index (χ0n) is 19.2. The average molecular weight is 480 g/mol. The van der Waals surface area contributed by atoms with Gasteiger partial charge in [0.25, 0.3) is 0 Å². The predicted octanol–water partition coefficient (Wildman–Crippen LogP) is 6.35. The van der Waals surface area contributed by atoms with Gasteiger partial charge in [-0.1, -0.05) is 48.5 Å². The van der Waals surface area contributed by atoms with Crippen LogP contribution in [0.1, 0.15) is 38.3 Å². The van der Waals surface area contributed by atoms with Gasteiger partial charge >= 0.3 is 5.97 Å². The van der Waals surface area contributed by atoms with Gasteiger partial charge in [-0.3, -0.25) is 4.79 Å². The highest BCUT2D eigenvalue weighted by molar-refractivity contribution is 7.08. The van der Waals surface area contributed by atoms with Gasteiger partial charge in [-0.05, 0) is 38.3 Å². The quantitative estimate of drug-likeness (QED) is 0.326. The van der Waals surface area contributed by atoms with Crippen molar-refractivity contribution in [2.75, 3.05) is 0 Å². The normalized spacial score (nSPS) is 10.9. The van der Waals surface area contributed by atoms with Crippen LogP contribution in [0, 0.1) is 0 Å². The van der Waals surface area contributed by atoms with E-state index < -0.39 is 5.60 Å². The molecular weight excluding hydrogens is 450 g/mol. The molecule has 0 spiro atoms. The van der Waals surface area contributed by atoms with Gasteiger partial charge in [0.2, 0.25) is 0 Å². The second kappa shape index (κ2) is 11.8. The molecule has 172 valence electrons. The Hall–Kier alpha value is -2.87. The molecule has 0 atom stereocenters. The van der Waals surface area contributed by atoms with E-state index in [1.165, 1.54) is 0 Å². The molecule has 4 rings (SSSR count). The molecule has 2 N–H and O–H groups in total. The number of hydrogen-bond donors (Lipinski definition) is 1. The molecule has 2 aromatic carbocycles. The van der Waals surface area contributed by atoms with Gasteiger partial charge in [-0.15, -0.1) is 22.7 Å². The molecule has 0 radical (unpaired) electrons. The van der Waals surface area contributed by atoms with Crippen LogP contribution in [0.5, 0.6) is 0 Å². The van der Waals surface area contributed by atoms with Crippen LogP contribution in [-0.4, -0.2) is 21.5 Å². The van der Waals surface area contributed by atoms with Crippen LogP contribution in [0.15, 0.2) is 70.3 Å². The molecule has 2 heterocycles. The van der Waals surface area contributed by atoms with E-state index in [2.05, 4.69) is 16.0 Å². The Labute approximate surface area is 203 Å². The fourth-order valence-corrected chi connectivity index (χ4v) is 4.36. The van der Waals surface area contributed by atoms with E-state index in [1.807, 2.05) is 85.0 Å². The van der Waals surface area contributed by atoms with Crippen LogP contribution < -0.4 is 5.73 Å². The van der Waals surface area contributed by atoms with Gasteiger partial charge in [-0.25, -0.2) is 9.97 Å². The Bertz CT molecular complexity index is 1130. The number of nitrogens with two attached hydrogens (primary N) is 1. The molecule has 0 aliphatic carbocycles. The molecule has 0 aliphatic heterocycles. The van der Waals surface area contributed by atoms with Crippen LogP contribution in [0.2, 0.25) is 0 Å². The maximum absolute atomic E-state index is 11.8. The van der Waals surface area contributed by atoms with Crippen molar-refractivity contribution in [3.8, 4) is 22.5 Å². The zero-order valence-corrected chi connectivity index (χ0v) is 20.8. The summed E-state index contributed by atoms with van der Waals surface area (Å²) in [6, 6.07) is 16.2. The van der Waals surface area contributed by atoms with Gasteiger partial charge in [0.15, 0.2) is 0 Å². The molecule has 0 unspecified atom stereocenters. The summed E-state index contributed by atoms with van der Waals surface area (Å²) in [5, 5.41) is 4.06. The number of aryl methyl sites for hydroxylation is 1. The first-order chi connectivity index (χ1) is 15.9. The molecule has 0 bridgehead atoms. The minimum Gasteiger partial charge on any atom is -0.460 e. The third kappa shape index (κ3) is 7.60. The van der Waals surface area contributed by atoms with E-state index in [-0.39, 0.29) is 5.97 Å². The topological polar surface area (TPSA) is 78.1 Å². The molecule has 33 heavy (non-hydrogen) atoms. The smallest absolute Gasteiger partial charge is 0.306 e. The van der Waals surface area contributed by atoms with Crippen molar-refractivity contribution >= 4 is 28.6 Å². The lowest BCUT2D eigenvalue weighted by atomic mass is 10.0. The number of esters is 1. The monoisotopic (exact) mass is 479 g/mol. The average Bonchev–Trinajstić information content (AvgIpc) is 3.52. The molecule has 7 heteroatoms. The minimum absolute atomic E-state index is 0.161. The van der Waals surface area contributed by atoms with Crippen LogP contribution >= 0.6 is 22.7 Å². The van der Waals surface area contributed by atoms with Crippen LogP contribution in [0.25, 0.3) is 22.5 Å². The number of benzene rings is 2. The summed E-state index contributed by atoms with van der Waals surface area (Å²) in [5.74, 6) is -0.161. The first-order valence-corrected chi connectivity index (χ1v) is 12.6. The van der Waals surface area contributed by atoms with Crippen molar-refractivity contribution in [3.05, 3.63) is 81.4 Å². The molecule has 0 saturated heterocycles. The summed E-state index contributed by atoms with van der Waals surface area (Å²) >= 11 is 3.17. The highest BCUT2D eigenvalue weighted by Crippen LogP contribution is 2.25. The lowest BCUT2D eigenvalue weighted by molar-refractivity contribution is -0.154. The summed E-state index contributed by atoms with van der Waals surface area (Å²) in [6.45, 7) is 6.21. The number of nitrogens with zero attached hydrogens (tertiary/aromatic N) is 2. The van der Waals surface area contributed by atoms with Gasteiger partial charge in [-0.2, -0.15) is 0 Å². The summed E-state index contributed by atoms with van der Waals surface area (Å²) in [6.07, 6.45) is 1.06. The van der Waals surface area contributed by atoms with Gasteiger partial charge < -0.3 is 10.5 Å². The first-order valence-electron chi connectivity index (χ1n) is 10.7. The Morgan fingerprint density at radius 1 is 0.879 bits per heavy atom. The SMILES string of the molecule is CC(C)(C)OC(=O)CCc1ccccc1-c1cscn1.NCc1ccccc1-c1cscn1. The summed E-state index contributed by atoms with van der Waals surface area (Å²) in [5.41, 5.74) is 15.4. The largest absolute Gasteiger partial charge is 0.460 e. The van der Waals surface area contributed by atoms with Gasteiger partial charge in [0.05, 0.1) is 22.4 Å². The fourth-order valence-electron chi connectivity index (χ4n) is 3.26. The van der Waals surface area contributed by atoms with Crippen molar-refractivity contribution in [2.45, 2.75) is 45.8 Å². The van der Waals surface area contributed by atoms with Crippen LogP contribution in [-0.2, 0) is 22.5 Å². The molecule has 0 fully saturated rings. The number of thiazole rings is 2. The van der Waals surface area contributed by atoms with Crippen molar-refractivity contribution in [1.82, 2.24) is 9.97 Å². The maximum Gasteiger partial charge on any atom is 0.306 e. The third-order valence-electron chi connectivity index (χ3n) is 4.69. The molecule has 0 amide bonds. The van der Waals surface area contributed by atoms with Gasteiger partial charge in [0, 0.05) is 34.9 Å². The second-order valence-electron chi connectivity index (χ2n) is 8.35. The lowest BCUT2D eigenvalue weighted by Gasteiger charge is -2.19. The van der Waals surface area contributed by atoms with Crippen molar-refractivity contribution < 1.29 is 9.53 Å². The lowest BCUT2D eigenvalue weighted by Crippen LogP contribution is -2.24. The van der Waals surface area contributed by atoms with E-state index in [0.29, 0.717) is 19.4 Å². The summed E-state index contributed by atoms with van der Waals surface area (Å²) in [4.78, 5) is 20.4. The third-order valence-corrected chi connectivity index (χ3v) is 5.86. The number of hydrogen-bond acceptors (Lipinski definition) is 7. The minimum atomic E-state index is -0.425. The Balaban J connectivity index is 0.000000203. The van der Waals surface area contributed by atoms with E-state index in [9.17, 15) is 4.79 Å². The van der Waals surface area contributed by atoms with Crippen molar-refractivity contribution in [2.24, 2.45) is 5.73 Å². The molecule has 2 aromatic heterocycles. The molecule has 0 saturated carbocycles. The molecule has 4 aromatic rings. The van der Waals surface area contributed by atoms with E-state index in [1.54, 1.807) is 22.7 Å². The number of carbonyl (C=O) groups excluding carboxylic acids is 1.